The highest BCUT2D eigenvalue weighted by Crippen LogP contribution is 2.35. The van der Waals surface area contributed by atoms with Gasteiger partial charge in [0.15, 0.2) is 5.84 Å². The summed E-state index contributed by atoms with van der Waals surface area (Å²) in [5.41, 5.74) is -0.302. The minimum absolute atomic E-state index is 0.117. The number of halogens is 3. The van der Waals surface area contributed by atoms with Crippen molar-refractivity contribution in [3.63, 3.8) is 0 Å². The molecule has 2 aromatic rings. The molecule has 1 N–H and O–H groups in total. The molecule has 0 aliphatic carbocycles. The van der Waals surface area contributed by atoms with Crippen molar-refractivity contribution in [3.8, 4) is 0 Å². The zero-order chi connectivity index (χ0) is 21.1. The molecule has 1 aliphatic heterocycles. The molecule has 12 heteroatoms. The molecule has 0 aromatic heterocycles. The molecule has 1 amide bonds. The zero-order valence-corrected chi connectivity index (χ0v) is 17.8. The number of para-hydroxylation sites is 1. The lowest BCUT2D eigenvalue weighted by Gasteiger charge is -2.14. The molecule has 1 heterocycles. The van der Waals surface area contributed by atoms with Crippen LogP contribution in [0.4, 0.5) is 11.4 Å². The molecule has 1 aliphatic rings. The van der Waals surface area contributed by atoms with Crippen molar-refractivity contribution >= 4 is 69.7 Å². The van der Waals surface area contributed by atoms with Crippen molar-refractivity contribution in [2.75, 3.05) is 5.32 Å². The van der Waals surface area contributed by atoms with Gasteiger partial charge in [0, 0.05) is 11.1 Å². The average molecular weight is 473 g/mol. The fraction of sp³-hybridized carbons (Fsp3) is 0.176. The number of amides is 1. The molecule has 0 fully saturated rings. The van der Waals surface area contributed by atoms with E-state index in [0.717, 1.165) is 11.8 Å². The summed E-state index contributed by atoms with van der Waals surface area (Å²) in [5.74, 6) is -0.225. The number of carbonyl (C=O) groups excluding carboxylic acids is 1. The highest BCUT2D eigenvalue weighted by Gasteiger charge is 2.26. The number of azo groups is 1. The minimum atomic E-state index is -0.707. The number of nitrogens with one attached hydrogen (secondary N) is 1. The van der Waals surface area contributed by atoms with Crippen LogP contribution in [0.1, 0.15) is 12.5 Å². The normalized spacial score (nSPS) is 16.4. The van der Waals surface area contributed by atoms with Crippen LogP contribution in [0.15, 0.2) is 51.6 Å². The van der Waals surface area contributed by atoms with E-state index in [4.69, 9.17) is 34.8 Å². The fourth-order valence-corrected chi connectivity index (χ4v) is 4.12. The third kappa shape index (κ3) is 5.05. The third-order valence-electron chi connectivity index (χ3n) is 3.78. The monoisotopic (exact) mass is 471 g/mol. The van der Waals surface area contributed by atoms with E-state index in [2.05, 4.69) is 20.5 Å². The van der Waals surface area contributed by atoms with Crippen LogP contribution in [0.3, 0.4) is 0 Å². The fourth-order valence-electron chi connectivity index (χ4n) is 2.39. The van der Waals surface area contributed by atoms with Crippen LogP contribution in [0, 0.1) is 10.1 Å². The van der Waals surface area contributed by atoms with Crippen molar-refractivity contribution in [2.45, 2.75) is 17.7 Å². The number of amidine groups is 1. The molecule has 2 atom stereocenters. The lowest BCUT2D eigenvalue weighted by molar-refractivity contribution is -0.385. The first-order valence-corrected chi connectivity index (χ1v) is 10.2. The predicted molar refractivity (Wildman–Crippen MR) is 115 cm³/mol. The molecule has 3 rings (SSSR count). The van der Waals surface area contributed by atoms with Gasteiger partial charge in [0.25, 0.3) is 5.69 Å². The molecule has 2 aromatic carbocycles. The highest BCUT2D eigenvalue weighted by molar-refractivity contribution is 8.01. The molecular formula is C17H12Cl3N5O3S. The number of nitro benzene ring substituents is 1. The Morgan fingerprint density at radius 1 is 1.24 bits per heavy atom. The van der Waals surface area contributed by atoms with E-state index in [1.165, 1.54) is 18.2 Å². The van der Waals surface area contributed by atoms with Crippen LogP contribution in [-0.2, 0) is 4.79 Å². The van der Waals surface area contributed by atoms with E-state index in [1.54, 1.807) is 25.1 Å². The molecule has 29 heavy (non-hydrogen) atoms. The summed E-state index contributed by atoms with van der Waals surface area (Å²) in [6, 6.07) is 9.05. The van der Waals surface area contributed by atoms with Crippen molar-refractivity contribution in [2.24, 2.45) is 15.2 Å². The summed E-state index contributed by atoms with van der Waals surface area (Å²) in [6.07, 6.45) is 0. The Kier molecular flexibility index (Phi) is 6.74. The Balaban J connectivity index is 1.69. The number of nitrogens with zero attached hydrogens (tertiary/aromatic N) is 4. The third-order valence-corrected chi connectivity index (χ3v) is 5.66. The van der Waals surface area contributed by atoms with Crippen LogP contribution in [0.5, 0.6) is 0 Å². The molecule has 8 nitrogen and oxygen atoms in total. The van der Waals surface area contributed by atoms with E-state index in [0.29, 0.717) is 5.02 Å². The molecule has 2 unspecified atom stereocenters. The van der Waals surface area contributed by atoms with Crippen LogP contribution in [-0.4, -0.2) is 27.4 Å². The van der Waals surface area contributed by atoms with E-state index in [1.807, 2.05) is 0 Å². The lowest BCUT2D eigenvalue weighted by Crippen LogP contribution is -2.24. The Morgan fingerprint density at radius 2 is 1.90 bits per heavy atom. The molecule has 0 saturated heterocycles. The van der Waals surface area contributed by atoms with Gasteiger partial charge >= 0.3 is 0 Å². The molecule has 0 bridgehead atoms. The number of hydrogen-bond acceptors (Lipinski definition) is 7. The van der Waals surface area contributed by atoms with E-state index in [-0.39, 0.29) is 38.7 Å². The van der Waals surface area contributed by atoms with Crippen LogP contribution >= 0.6 is 46.6 Å². The van der Waals surface area contributed by atoms with Crippen LogP contribution < -0.4 is 5.32 Å². The van der Waals surface area contributed by atoms with Crippen molar-refractivity contribution < 1.29 is 9.72 Å². The van der Waals surface area contributed by atoms with Gasteiger partial charge < -0.3 is 5.32 Å². The second kappa shape index (κ2) is 9.08. The van der Waals surface area contributed by atoms with Gasteiger partial charge in [0.05, 0.1) is 31.5 Å². The number of nitro groups is 1. The number of thioether (sulfide) groups is 1. The van der Waals surface area contributed by atoms with Gasteiger partial charge in [-0.15, -0.1) is 10.2 Å². The second-order valence-electron chi connectivity index (χ2n) is 5.78. The van der Waals surface area contributed by atoms with Gasteiger partial charge in [-0.05, 0) is 25.1 Å². The van der Waals surface area contributed by atoms with Crippen molar-refractivity contribution in [1.29, 1.82) is 0 Å². The van der Waals surface area contributed by atoms with Gasteiger partial charge in [-0.3, -0.25) is 14.9 Å². The smallest absolute Gasteiger partial charge is 0.280 e. The standard InChI is InChI=1S/C17H12Cl3N5O3S/c1-8(16(26)21-14-11(19)6-9(18)7-12(14)20)29-17-22-15(23-24-17)10-4-2-3-5-13(10)25(27)28/h2-8,17H,1H3,(H,21,26). The Morgan fingerprint density at radius 3 is 2.55 bits per heavy atom. The zero-order valence-electron chi connectivity index (χ0n) is 14.7. The van der Waals surface area contributed by atoms with Gasteiger partial charge in [-0.1, -0.05) is 58.7 Å². The molecular weight excluding hydrogens is 461 g/mol. The van der Waals surface area contributed by atoms with Gasteiger partial charge in [0.2, 0.25) is 11.4 Å². The first-order chi connectivity index (χ1) is 13.8. The van der Waals surface area contributed by atoms with E-state index < -0.39 is 15.7 Å². The largest absolute Gasteiger partial charge is 0.323 e. The molecule has 0 spiro atoms. The summed E-state index contributed by atoms with van der Waals surface area (Å²) in [6.45, 7) is 1.66. The van der Waals surface area contributed by atoms with Gasteiger partial charge in [0.1, 0.15) is 0 Å². The maximum Gasteiger partial charge on any atom is 0.280 e. The van der Waals surface area contributed by atoms with E-state index in [9.17, 15) is 14.9 Å². The summed E-state index contributed by atoms with van der Waals surface area (Å²) in [4.78, 5) is 27.4. The van der Waals surface area contributed by atoms with Crippen LogP contribution in [0.25, 0.3) is 0 Å². The topological polar surface area (TPSA) is 109 Å². The number of aliphatic imine (C=N–C) groups is 1. The Hall–Kier alpha value is -2.20. The summed E-state index contributed by atoms with van der Waals surface area (Å²) in [7, 11) is 0. The summed E-state index contributed by atoms with van der Waals surface area (Å²) >= 11 is 19.1. The van der Waals surface area contributed by atoms with Crippen molar-refractivity contribution in [3.05, 3.63) is 67.1 Å². The predicted octanol–water partition coefficient (Wildman–Crippen LogP) is 5.81. The number of carbonyl (C=O) groups is 1. The Bertz CT molecular complexity index is 1020. The van der Waals surface area contributed by atoms with Gasteiger partial charge in [-0.25, -0.2) is 4.99 Å². The van der Waals surface area contributed by atoms with Crippen molar-refractivity contribution in [1.82, 2.24) is 0 Å². The summed E-state index contributed by atoms with van der Waals surface area (Å²) < 4.78 is 0. The minimum Gasteiger partial charge on any atom is -0.323 e. The number of benzene rings is 2. The molecule has 150 valence electrons. The summed E-state index contributed by atoms with van der Waals surface area (Å²) in [5, 5.41) is 21.9. The lowest BCUT2D eigenvalue weighted by atomic mass is 10.1. The Labute approximate surface area is 184 Å². The number of anilines is 1. The molecule has 0 radical (unpaired) electrons. The SMILES string of the molecule is CC(SC1N=NC(c2ccccc2[N+](=O)[O-])=N1)C(=O)Nc1c(Cl)cc(Cl)cc1Cl. The number of rotatable bonds is 6. The van der Waals surface area contributed by atoms with Gasteiger partial charge in [-0.2, -0.15) is 0 Å². The molecule has 0 saturated carbocycles. The number of hydrogen-bond donors (Lipinski definition) is 1. The average Bonchev–Trinajstić information content (AvgIpc) is 3.12. The second-order valence-corrected chi connectivity index (χ2v) is 8.43. The quantitative estimate of drug-likeness (QED) is 0.422. The van der Waals surface area contributed by atoms with E-state index >= 15 is 0 Å². The maximum absolute atomic E-state index is 12.5. The van der Waals surface area contributed by atoms with Crippen LogP contribution in [0.2, 0.25) is 15.1 Å². The first-order valence-electron chi connectivity index (χ1n) is 8.09. The highest BCUT2D eigenvalue weighted by atomic mass is 35.5. The maximum atomic E-state index is 12.5. The first kappa shape index (κ1) is 21.5.